The predicted molar refractivity (Wildman–Crippen MR) is 65.5 cm³/mol. The lowest BCUT2D eigenvalue weighted by molar-refractivity contribution is 0.517. The maximum Gasteiger partial charge on any atom is 0.169 e. The average Bonchev–Trinajstić information content (AvgIpc) is 2.87. The van der Waals surface area contributed by atoms with Gasteiger partial charge in [0.2, 0.25) is 0 Å². The van der Waals surface area contributed by atoms with Gasteiger partial charge in [0.05, 0.1) is 17.9 Å². The summed E-state index contributed by atoms with van der Waals surface area (Å²) in [7, 11) is 0. The second-order valence-electron chi connectivity index (χ2n) is 4.31. The van der Waals surface area contributed by atoms with Crippen molar-refractivity contribution in [1.29, 1.82) is 0 Å². The molecule has 2 heterocycles. The Balaban J connectivity index is 2.19. The van der Waals surface area contributed by atoms with Crippen LogP contribution in [0.4, 0.5) is 5.82 Å². The number of rotatable bonds is 4. The maximum atomic E-state index is 5.74. The molecule has 2 N–H and O–H groups in total. The van der Waals surface area contributed by atoms with Crippen LogP contribution in [0, 0.1) is 0 Å². The van der Waals surface area contributed by atoms with Crippen LogP contribution in [0.25, 0.3) is 0 Å². The minimum atomic E-state index is 0.371. The smallest absolute Gasteiger partial charge is 0.169 e. The second-order valence-corrected chi connectivity index (χ2v) is 4.31. The van der Waals surface area contributed by atoms with Crippen molar-refractivity contribution >= 4 is 5.82 Å². The van der Waals surface area contributed by atoms with E-state index in [1.807, 2.05) is 28.6 Å². The van der Waals surface area contributed by atoms with E-state index in [0.29, 0.717) is 18.4 Å². The van der Waals surface area contributed by atoms with Gasteiger partial charge < -0.3 is 5.73 Å². The fraction of sp³-hybridized carbons (Fsp3) is 0.545. The standard InChI is InChI=1S/C11H18N6/c1-4-10-11(12)13-15-17(10)7-9-5-6-16(14-9)8(2)3/h5-6,8H,4,7,12H2,1-3H3. The van der Waals surface area contributed by atoms with E-state index in [4.69, 9.17) is 5.73 Å². The number of aromatic nitrogens is 5. The van der Waals surface area contributed by atoms with Gasteiger partial charge in [-0.3, -0.25) is 4.68 Å². The van der Waals surface area contributed by atoms with Gasteiger partial charge in [-0.1, -0.05) is 12.1 Å². The predicted octanol–water partition coefficient (Wildman–Crippen LogP) is 1.25. The molecule has 0 radical (unpaired) electrons. The average molecular weight is 234 g/mol. The summed E-state index contributed by atoms with van der Waals surface area (Å²) in [6.45, 7) is 6.86. The Morgan fingerprint density at radius 3 is 2.76 bits per heavy atom. The molecule has 2 aromatic rings. The van der Waals surface area contributed by atoms with E-state index < -0.39 is 0 Å². The van der Waals surface area contributed by atoms with E-state index in [-0.39, 0.29) is 0 Å². The Bertz CT molecular complexity index is 496. The minimum absolute atomic E-state index is 0.371. The van der Waals surface area contributed by atoms with Crippen molar-refractivity contribution in [1.82, 2.24) is 24.8 Å². The van der Waals surface area contributed by atoms with E-state index in [1.54, 1.807) is 0 Å². The van der Waals surface area contributed by atoms with Gasteiger partial charge in [0.25, 0.3) is 0 Å². The highest BCUT2D eigenvalue weighted by atomic mass is 15.4. The molecule has 0 aliphatic carbocycles. The van der Waals surface area contributed by atoms with Gasteiger partial charge in [0.1, 0.15) is 0 Å². The first-order valence-electron chi connectivity index (χ1n) is 5.83. The van der Waals surface area contributed by atoms with E-state index in [1.165, 1.54) is 0 Å². The van der Waals surface area contributed by atoms with Crippen molar-refractivity contribution in [2.45, 2.75) is 39.8 Å². The van der Waals surface area contributed by atoms with Crippen LogP contribution in [0.1, 0.15) is 38.2 Å². The molecule has 0 saturated heterocycles. The van der Waals surface area contributed by atoms with Gasteiger partial charge >= 0.3 is 0 Å². The zero-order valence-electron chi connectivity index (χ0n) is 10.5. The largest absolute Gasteiger partial charge is 0.381 e. The normalized spacial score (nSPS) is 11.3. The van der Waals surface area contributed by atoms with Crippen LogP contribution >= 0.6 is 0 Å². The Kier molecular flexibility index (Phi) is 3.12. The number of nitrogen functional groups attached to an aromatic ring is 1. The number of nitrogens with two attached hydrogens (primary N) is 1. The summed E-state index contributed by atoms with van der Waals surface area (Å²) in [6, 6.07) is 2.37. The van der Waals surface area contributed by atoms with Gasteiger partial charge in [-0.15, -0.1) is 5.10 Å². The van der Waals surface area contributed by atoms with Crippen LogP contribution in [0.5, 0.6) is 0 Å². The molecule has 0 saturated carbocycles. The molecule has 0 amide bonds. The van der Waals surface area contributed by atoms with E-state index >= 15 is 0 Å². The highest BCUT2D eigenvalue weighted by Gasteiger charge is 2.10. The molecule has 6 nitrogen and oxygen atoms in total. The topological polar surface area (TPSA) is 74.5 Å². The van der Waals surface area contributed by atoms with Crippen molar-refractivity contribution in [3.05, 3.63) is 23.7 Å². The van der Waals surface area contributed by atoms with Crippen LogP contribution < -0.4 is 5.73 Å². The molecule has 6 heteroatoms. The molecule has 2 rings (SSSR count). The van der Waals surface area contributed by atoms with Crippen molar-refractivity contribution in [3.8, 4) is 0 Å². The molecule has 0 fully saturated rings. The Morgan fingerprint density at radius 2 is 2.18 bits per heavy atom. The van der Waals surface area contributed by atoms with E-state index in [0.717, 1.165) is 17.8 Å². The van der Waals surface area contributed by atoms with E-state index in [2.05, 4.69) is 29.3 Å². The summed E-state index contributed by atoms with van der Waals surface area (Å²) in [4.78, 5) is 0. The summed E-state index contributed by atoms with van der Waals surface area (Å²) < 4.78 is 3.74. The fourth-order valence-corrected chi connectivity index (χ4v) is 1.74. The van der Waals surface area contributed by atoms with Gasteiger partial charge in [-0.05, 0) is 26.3 Å². The molecule has 0 unspecified atom stereocenters. The molecule has 0 atom stereocenters. The SMILES string of the molecule is CCc1c(N)nnn1Cc1ccn(C(C)C)n1. The van der Waals surface area contributed by atoms with Crippen molar-refractivity contribution < 1.29 is 0 Å². The Hall–Kier alpha value is -1.85. The molecule has 17 heavy (non-hydrogen) atoms. The minimum Gasteiger partial charge on any atom is -0.381 e. The van der Waals surface area contributed by atoms with E-state index in [9.17, 15) is 0 Å². The van der Waals surface area contributed by atoms with Crippen molar-refractivity contribution in [3.63, 3.8) is 0 Å². The third-order valence-corrected chi connectivity index (χ3v) is 2.71. The third-order valence-electron chi connectivity index (χ3n) is 2.71. The summed E-state index contributed by atoms with van der Waals surface area (Å²) in [5.74, 6) is 0.510. The number of nitrogens with zero attached hydrogens (tertiary/aromatic N) is 5. The lowest BCUT2D eigenvalue weighted by atomic mass is 10.3. The first kappa shape index (κ1) is 11.6. The van der Waals surface area contributed by atoms with Crippen LogP contribution in [0.15, 0.2) is 12.3 Å². The molecule has 0 spiro atoms. The van der Waals surface area contributed by atoms with Gasteiger partial charge in [0.15, 0.2) is 5.82 Å². The summed E-state index contributed by atoms with van der Waals surface area (Å²) in [5.41, 5.74) is 7.67. The van der Waals surface area contributed by atoms with Crippen LogP contribution in [-0.4, -0.2) is 24.8 Å². The Labute approximate surface area is 100 Å². The van der Waals surface area contributed by atoms with Crippen LogP contribution in [0.3, 0.4) is 0 Å². The lowest BCUT2D eigenvalue weighted by Crippen LogP contribution is -2.08. The van der Waals surface area contributed by atoms with Gasteiger partial charge in [-0.2, -0.15) is 5.10 Å². The monoisotopic (exact) mass is 234 g/mol. The quantitative estimate of drug-likeness (QED) is 0.864. The van der Waals surface area contributed by atoms with Crippen LogP contribution in [-0.2, 0) is 13.0 Å². The number of anilines is 1. The zero-order valence-corrected chi connectivity index (χ0v) is 10.5. The molecule has 0 aromatic carbocycles. The lowest BCUT2D eigenvalue weighted by Gasteiger charge is -2.05. The molecule has 0 bridgehead atoms. The molecule has 2 aromatic heterocycles. The van der Waals surface area contributed by atoms with Gasteiger partial charge in [0, 0.05) is 12.2 Å². The van der Waals surface area contributed by atoms with Crippen molar-refractivity contribution in [2.24, 2.45) is 0 Å². The third kappa shape index (κ3) is 2.30. The molecule has 0 aliphatic rings. The first-order chi connectivity index (χ1) is 8.11. The molecular weight excluding hydrogens is 216 g/mol. The highest BCUT2D eigenvalue weighted by molar-refractivity contribution is 5.32. The zero-order chi connectivity index (χ0) is 12.4. The molecule has 0 aliphatic heterocycles. The van der Waals surface area contributed by atoms with Crippen LogP contribution in [0.2, 0.25) is 0 Å². The summed E-state index contributed by atoms with van der Waals surface area (Å²) in [6.07, 6.45) is 2.80. The first-order valence-corrected chi connectivity index (χ1v) is 5.83. The summed E-state index contributed by atoms with van der Waals surface area (Å²) in [5, 5.41) is 12.4. The molecule has 92 valence electrons. The van der Waals surface area contributed by atoms with Crippen molar-refractivity contribution in [2.75, 3.05) is 5.73 Å². The second kappa shape index (κ2) is 4.57. The fourth-order valence-electron chi connectivity index (χ4n) is 1.74. The number of hydrogen-bond acceptors (Lipinski definition) is 4. The summed E-state index contributed by atoms with van der Waals surface area (Å²) >= 11 is 0. The Morgan fingerprint density at radius 1 is 1.41 bits per heavy atom. The number of hydrogen-bond donors (Lipinski definition) is 1. The maximum absolute atomic E-state index is 5.74. The highest BCUT2D eigenvalue weighted by Crippen LogP contribution is 2.11. The molecular formula is C11H18N6. The van der Waals surface area contributed by atoms with Gasteiger partial charge in [-0.25, -0.2) is 4.68 Å².